The van der Waals surface area contributed by atoms with Crippen LogP contribution in [0.25, 0.3) is 0 Å². The zero-order valence-corrected chi connectivity index (χ0v) is 11.6. The summed E-state index contributed by atoms with van der Waals surface area (Å²) in [4.78, 5) is 17.7. The fourth-order valence-corrected chi connectivity index (χ4v) is 1.68. The fraction of sp³-hybridized carbons (Fsp3) is 0.231. The molecule has 0 amide bonds. The highest BCUT2D eigenvalue weighted by molar-refractivity contribution is 5.42. The molecule has 0 aliphatic heterocycles. The zero-order valence-electron chi connectivity index (χ0n) is 11.6. The van der Waals surface area contributed by atoms with E-state index in [9.17, 15) is 10.1 Å². The molecule has 1 N–H and O–H groups in total. The van der Waals surface area contributed by atoms with Crippen molar-refractivity contribution < 1.29 is 14.4 Å². The van der Waals surface area contributed by atoms with Crippen LogP contribution in [0, 0.1) is 10.1 Å². The van der Waals surface area contributed by atoms with Gasteiger partial charge in [-0.2, -0.15) is 0 Å². The molecule has 21 heavy (non-hydrogen) atoms. The first-order valence-corrected chi connectivity index (χ1v) is 6.05. The highest BCUT2D eigenvalue weighted by Gasteiger charge is 2.08. The van der Waals surface area contributed by atoms with Gasteiger partial charge < -0.3 is 14.8 Å². The number of hydrogen-bond donors (Lipinski definition) is 1. The van der Waals surface area contributed by atoms with Crippen molar-refractivity contribution in [3.05, 3.63) is 46.3 Å². The Kier molecular flexibility index (Phi) is 4.50. The van der Waals surface area contributed by atoms with Gasteiger partial charge in [0.25, 0.3) is 0 Å². The molecule has 110 valence electrons. The lowest BCUT2D eigenvalue weighted by molar-refractivity contribution is -0.385. The van der Waals surface area contributed by atoms with E-state index in [0.29, 0.717) is 24.0 Å². The number of nitrogens with zero attached hydrogens (tertiary/aromatic N) is 3. The maximum Gasteiger partial charge on any atom is 0.305 e. The van der Waals surface area contributed by atoms with Crippen molar-refractivity contribution in [1.82, 2.24) is 9.97 Å². The summed E-state index contributed by atoms with van der Waals surface area (Å²) in [5, 5.41) is 13.5. The van der Waals surface area contributed by atoms with Gasteiger partial charge in [0.1, 0.15) is 23.9 Å². The molecular weight excluding hydrogens is 276 g/mol. The molecule has 0 radical (unpaired) electrons. The predicted molar refractivity (Wildman–Crippen MR) is 75.6 cm³/mol. The molecule has 0 bridgehead atoms. The third kappa shape index (κ3) is 3.56. The summed E-state index contributed by atoms with van der Waals surface area (Å²) in [5.41, 5.74) is 0.739. The van der Waals surface area contributed by atoms with Crippen molar-refractivity contribution in [3.63, 3.8) is 0 Å². The zero-order chi connectivity index (χ0) is 15.2. The molecule has 1 aromatic carbocycles. The van der Waals surface area contributed by atoms with Crippen LogP contribution in [0.4, 0.5) is 11.6 Å². The molecule has 0 saturated carbocycles. The van der Waals surface area contributed by atoms with Gasteiger partial charge >= 0.3 is 5.69 Å². The van der Waals surface area contributed by atoms with Crippen LogP contribution in [0.1, 0.15) is 5.56 Å². The lowest BCUT2D eigenvalue weighted by atomic mass is 10.2. The minimum absolute atomic E-state index is 0.150. The van der Waals surface area contributed by atoms with Crippen molar-refractivity contribution in [2.24, 2.45) is 0 Å². The van der Waals surface area contributed by atoms with Crippen LogP contribution in [-0.4, -0.2) is 29.1 Å². The Bertz CT molecular complexity index is 631. The number of methoxy groups -OCH3 is 2. The second kappa shape index (κ2) is 6.51. The lowest BCUT2D eigenvalue weighted by Gasteiger charge is -2.11. The average Bonchev–Trinajstić information content (AvgIpc) is 2.53. The first-order chi connectivity index (χ1) is 10.1. The number of ether oxygens (including phenoxy) is 2. The van der Waals surface area contributed by atoms with Gasteiger partial charge in [0.15, 0.2) is 0 Å². The summed E-state index contributed by atoms with van der Waals surface area (Å²) in [6.07, 6.45) is 2.31. The second-order valence-corrected chi connectivity index (χ2v) is 4.05. The van der Waals surface area contributed by atoms with E-state index in [1.54, 1.807) is 20.3 Å². The number of nitrogens with one attached hydrogen (secondary N) is 1. The number of rotatable bonds is 6. The molecule has 0 spiro atoms. The first kappa shape index (κ1) is 14.5. The molecule has 0 aliphatic carbocycles. The Hall–Kier alpha value is -2.90. The molecule has 1 aromatic heterocycles. The highest BCUT2D eigenvalue weighted by Crippen LogP contribution is 2.25. The number of anilines is 1. The Morgan fingerprint density at radius 3 is 2.52 bits per heavy atom. The normalized spacial score (nSPS) is 10.0. The molecule has 0 saturated heterocycles. The molecule has 8 heteroatoms. The maximum absolute atomic E-state index is 10.5. The quantitative estimate of drug-likeness (QED) is 0.641. The van der Waals surface area contributed by atoms with E-state index in [-0.39, 0.29) is 5.69 Å². The van der Waals surface area contributed by atoms with Crippen molar-refractivity contribution in [2.45, 2.75) is 6.54 Å². The maximum atomic E-state index is 10.5. The Morgan fingerprint density at radius 1 is 1.24 bits per heavy atom. The van der Waals surface area contributed by atoms with Crippen molar-refractivity contribution >= 4 is 11.6 Å². The highest BCUT2D eigenvalue weighted by atomic mass is 16.6. The smallest absolute Gasteiger partial charge is 0.305 e. The molecule has 2 rings (SSSR count). The van der Waals surface area contributed by atoms with Crippen LogP contribution in [0.5, 0.6) is 11.5 Å². The van der Waals surface area contributed by atoms with E-state index in [1.807, 2.05) is 12.1 Å². The number of nitro groups is 1. The van der Waals surface area contributed by atoms with Crippen LogP contribution >= 0.6 is 0 Å². The van der Waals surface area contributed by atoms with Crippen LogP contribution in [0.2, 0.25) is 0 Å². The van der Waals surface area contributed by atoms with E-state index in [4.69, 9.17) is 9.47 Å². The van der Waals surface area contributed by atoms with Gasteiger partial charge in [-0.1, -0.05) is 0 Å². The second-order valence-electron chi connectivity index (χ2n) is 4.05. The molecule has 0 aliphatic rings. The summed E-state index contributed by atoms with van der Waals surface area (Å²) in [5.74, 6) is 1.67. The minimum Gasteiger partial charge on any atom is -0.497 e. The Balaban J connectivity index is 2.07. The predicted octanol–water partition coefficient (Wildman–Crippen LogP) is 2.01. The van der Waals surface area contributed by atoms with Crippen LogP contribution in [0.15, 0.2) is 30.6 Å². The third-order valence-electron chi connectivity index (χ3n) is 2.78. The average molecular weight is 290 g/mol. The number of benzene rings is 1. The summed E-state index contributed by atoms with van der Waals surface area (Å²) >= 11 is 0. The summed E-state index contributed by atoms with van der Waals surface area (Å²) in [7, 11) is 3.15. The minimum atomic E-state index is -0.545. The van der Waals surface area contributed by atoms with Gasteiger partial charge in [-0.25, -0.2) is 9.97 Å². The largest absolute Gasteiger partial charge is 0.497 e. The lowest BCUT2D eigenvalue weighted by Crippen LogP contribution is -2.05. The third-order valence-corrected chi connectivity index (χ3v) is 2.78. The van der Waals surface area contributed by atoms with Crippen molar-refractivity contribution in [3.8, 4) is 11.5 Å². The van der Waals surface area contributed by atoms with Gasteiger partial charge in [-0.3, -0.25) is 10.1 Å². The van der Waals surface area contributed by atoms with Gasteiger partial charge in [-0.05, 0) is 12.1 Å². The standard InChI is InChI=1S/C13H14N4O4/c1-20-11-4-3-9(12(5-11)21-2)6-14-13-15-7-10(8-16-13)17(18)19/h3-5,7-8H,6H2,1-2H3,(H,14,15,16). The van der Waals surface area contributed by atoms with Crippen LogP contribution < -0.4 is 14.8 Å². The van der Waals surface area contributed by atoms with Crippen LogP contribution in [-0.2, 0) is 6.54 Å². The molecule has 0 atom stereocenters. The van der Waals surface area contributed by atoms with Gasteiger partial charge in [0.05, 0.1) is 19.1 Å². The molecular formula is C13H14N4O4. The summed E-state index contributed by atoms with van der Waals surface area (Å²) in [6, 6.07) is 5.44. The van der Waals surface area contributed by atoms with E-state index in [2.05, 4.69) is 15.3 Å². The topological polar surface area (TPSA) is 99.4 Å². The van der Waals surface area contributed by atoms with E-state index in [1.165, 1.54) is 0 Å². The summed E-state index contributed by atoms with van der Waals surface area (Å²) < 4.78 is 10.4. The number of aromatic nitrogens is 2. The molecule has 8 nitrogen and oxygen atoms in total. The van der Waals surface area contributed by atoms with E-state index in [0.717, 1.165) is 18.0 Å². The van der Waals surface area contributed by atoms with Crippen molar-refractivity contribution in [1.29, 1.82) is 0 Å². The molecule has 0 fully saturated rings. The monoisotopic (exact) mass is 290 g/mol. The SMILES string of the molecule is COc1ccc(CNc2ncc([N+](=O)[O-])cn2)c(OC)c1. The Labute approximate surface area is 120 Å². The van der Waals surface area contributed by atoms with E-state index >= 15 is 0 Å². The van der Waals surface area contributed by atoms with Gasteiger partial charge in [-0.15, -0.1) is 0 Å². The van der Waals surface area contributed by atoms with E-state index < -0.39 is 4.92 Å². The van der Waals surface area contributed by atoms with Gasteiger partial charge in [0, 0.05) is 18.2 Å². The van der Waals surface area contributed by atoms with Gasteiger partial charge in [0.2, 0.25) is 5.95 Å². The van der Waals surface area contributed by atoms with Crippen LogP contribution in [0.3, 0.4) is 0 Å². The first-order valence-electron chi connectivity index (χ1n) is 6.05. The summed E-state index contributed by atoms with van der Waals surface area (Å²) in [6.45, 7) is 0.422. The molecule has 2 aromatic rings. The Morgan fingerprint density at radius 2 is 1.95 bits per heavy atom. The fourth-order valence-electron chi connectivity index (χ4n) is 1.68. The van der Waals surface area contributed by atoms with Crippen molar-refractivity contribution in [2.75, 3.05) is 19.5 Å². The molecule has 0 unspecified atom stereocenters. The number of hydrogen-bond acceptors (Lipinski definition) is 7. The molecule has 1 heterocycles.